The zero-order valence-corrected chi connectivity index (χ0v) is 12.9. The quantitative estimate of drug-likeness (QED) is 0.781. The number of nitrogens with one attached hydrogen (secondary N) is 2. The van der Waals surface area contributed by atoms with Gasteiger partial charge < -0.3 is 20.3 Å². The molecule has 2 fully saturated rings. The van der Waals surface area contributed by atoms with Gasteiger partial charge in [-0.3, -0.25) is 9.59 Å². The van der Waals surface area contributed by atoms with Gasteiger partial charge in [0.15, 0.2) is 0 Å². The number of ether oxygens (including phenoxy) is 1. The van der Waals surface area contributed by atoms with Crippen molar-refractivity contribution in [1.29, 1.82) is 0 Å². The van der Waals surface area contributed by atoms with Crippen molar-refractivity contribution in [2.75, 3.05) is 32.8 Å². The molecular weight excluding hydrogens is 270 g/mol. The van der Waals surface area contributed by atoms with Crippen LogP contribution in [0.2, 0.25) is 0 Å². The molecule has 0 aromatic rings. The predicted molar refractivity (Wildman–Crippen MR) is 79.9 cm³/mol. The molecule has 0 aliphatic carbocycles. The lowest BCUT2D eigenvalue weighted by Gasteiger charge is -2.36. The van der Waals surface area contributed by atoms with E-state index in [-0.39, 0.29) is 17.9 Å². The van der Waals surface area contributed by atoms with E-state index in [1.165, 1.54) is 6.42 Å². The molecular formula is C15H27N3O3. The minimum Gasteiger partial charge on any atom is -0.377 e. The molecule has 2 rings (SSSR count). The van der Waals surface area contributed by atoms with Crippen LogP contribution in [0.3, 0.4) is 0 Å². The summed E-state index contributed by atoms with van der Waals surface area (Å²) >= 11 is 0. The number of morpholine rings is 1. The third kappa shape index (κ3) is 4.41. The number of carbonyl (C=O) groups is 2. The van der Waals surface area contributed by atoms with Gasteiger partial charge in [-0.1, -0.05) is 19.8 Å². The van der Waals surface area contributed by atoms with Gasteiger partial charge in [0.05, 0.1) is 19.3 Å². The number of amides is 2. The van der Waals surface area contributed by atoms with Gasteiger partial charge >= 0.3 is 0 Å². The number of nitrogens with zero attached hydrogens (tertiary/aromatic N) is 1. The van der Waals surface area contributed by atoms with Gasteiger partial charge in [0.25, 0.3) is 0 Å². The van der Waals surface area contributed by atoms with E-state index in [0.29, 0.717) is 26.3 Å². The van der Waals surface area contributed by atoms with Gasteiger partial charge in [0, 0.05) is 13.1 Å². The zero-order chi connectivity index (χ0) is 15.1. The third-order valence-electron chi connectivity index (χ3n) is 4.12. The molecule has 2 heterocycles. The largest absolute Gasteiger partial charge is 0.377 e. The monoisotopic (exact) mass is 297 g/mol. The van der Waals surface area contributed by atoms with Gasteiger partial charge in [-0.25, -0.2) is 0 Å². The van der Waals surface area contributed by atoms with Crippen LogP contribution in [0.25, 0.3) is 0 Å². The molecule has 2 aliphatic heterocycles. The van der Waals surface area contributed by atoms with Crippen LogP contribution in [0, 0.1) is 0 Å². The zero-order valence-electron chi connectivity index (χ0n) is 12.9. The second-order valence-electron chi connectivity index (χ2n) is 5.77. The molecule has 0 radical (unpaired) electrons. The summed E-state index contributed by atoms with van der Waals surface area (Å²) < 4.78 is 5.40. The topological polar surface area (TPSA) is 70.7 Å². The standard InChI is InChI=1S/C15H27N3O3/c1-2-7-17-14(19)13-11-21-10-9-18(13)15(20)12-6-4-3-5-8-16-12/h12-13,16H,2-11H2,1H3,(H,17,19). The van der Waals surface area contributed by atoms with E-state index in [9.17, 15) is 9.59 Å². The first-order valence-corrected chi connectivity index (χ1v) is 8.13. The van der Waals surface area contributed by atoms with E-state index in [4.69, 9.17) is 4.74 Å². The molecule has 0 aromatic heterocycles. The summed E-state index contributed by atoms with van der Waals surface area (Å²) in [5.74, 6) is -0.0460. The Labute approximate surface area is 126 Å². The first-order chi connectivity index (χ1) is 10.2. The van der Waals surface area contributed by atoms with E-state index < -0.39 is 6.04 Å². The second kappa shape index (κ2) is 8.34. The highest BCUT2D eigenvalue weighted by molar-refractivity contribution is 5.90. The minimum atomic E-state index is -0.483. The Hall–Kier alpha value is -1.14. The Kier molecular flexibility index (Phi) is 6.45. The normalized spacial score (nSPS) is 27.0. The smallest absolute Gasteiger partial charge is 0.245 e. The maximum Gasteiger partial charge on any atom is 0.245 e. The van der Waals surface area contributed by atoms with Crippen molar-refractivity contribution in [1.82, 2.24) is 15.5 Å². The highest BCUT2D eigenvalue weighted by Gasteiger charge is 2.35. The van der Waals surface area contributed by atoms with Crippen LogP contribution in [0.1, 0.15) is 39.0 Å². The van der Waals surface area contributed by atoms with Crippen LogP contribution in [-0.2, 0) is 14.3 Å². The third-order valence-corrected chi connectivity index (χ3v) is 4.12. The molecule has 0 spiro atoms. The van der Waals surface area contributed by atoms with E-state index in [0.717, 1.165) is 32.2 Å². The van der Waals surface area contributed by atoms with Gasteiger partial charge in [-0.2, -0.15) is 0 Å². The molecule has 2 saturated heterocycles. The van der Waals surface area contributed by atoms with Crippen molar-refractivity contribution in [2.24, 2.45) is 0 Å². The van der Waals surface area contributed by atoms with Crippen molar-refractivity contribution in [3.05, 3.63) is 0 Å². The Morgan fingerprint density at radius 3 is 3.00 bits per heavy atom. The lowest BCUT2D eigenvalue weighted by atomic mass is 10.1. The lowest BCUT2D eigenvalue weighted by molar-refractivity contribution is -0.150. The van der Waals surface area contributed by atoms with Crippen LogP contribution < -0.4 is 10.6 Å². The second-order valence-corrected chi connectivity index (χ2v) is 5.77. The number of hydrogen-bond acceptors (Lipinski definition) is 4. The van der Waals surface area contributed by atoms with E-state index in [1.54, 1.807) is 4.90 Å². The van der Waals surface area contributed by atoms with Crippen molar-refractivity contribution in [2.45, 2.75) is 51.1 Å². The first kappa shape index (κ1) is 16.2. The van der Waals surface area contributed by atoms with Gasteiger partial charge in [-0.05, 0) is 25.8 Å². The Morgan fingerprint density at radius 2 is 2.19 bits per heavy atom. The first-order valence-electron chi connectivity index (χ1n) is 8.13. The Bertz CT molecular complexity index is 354. The summed E-state index contributed by atoms with van der Waals surface area (Å²) in [6.07, 6.45) is 5.10. The molecule has 2 aliphatic rings. The Balaban J connectivity index is 1.99. The molecule has 0 saturated carbocycles. The van der Waals surface area contributed by atoms with Crippen LogP contribution >= 0.6 is 0 Å². The highest BCUT2D eigenvalue weighted by Crippen LogP contribution is 2.15. The molecule has 0 aromatic carbocycles. The summed E-state index contributed by atoms with van der Waals surface area (Å²) in [6, 6.07) is -0.630. The van der Waals surface area contributed by atoms with Gasteiger partial charge in [0.2, 0.25) is 11.8 Å². The van der Waals surface area contributed by atoms with Crippen molar-refractivity contribution < 1.29 is 14.3 Å². The summed E-state index contributed by atoms with van der Waals surface area (Å²) in [5.41, 5.74) is 0. The molecule has 2 unspecified atom stereocenters. The van der Waals surface area contributed by atoms with Crippen molar-refractivity contribution >= 4 is 11.8 Å². The number of hydrogen-bond donors (Lipinski definition) is 2. The summed E-state index contributed by atoms with van der Waals surface area (Å²) in [5, 5.41) is 6.19. The van der Waals surface area contributed by atoms with Crippen molar-refractivity contribution in [3.63, 3.8) is 0 Å². The Morgan fingerprint density at radius 1 is 1.33 bits per heavy atom. The number of rotatable bonds is 4. The molecule has 6 heteroatoms. The fraction of sp³-hybridized carbons (Fsp3) is 0.867. The maximum atomic E-state index is 12.7. The van der Waals surface area contributed by atoms with Crippen LogP contribution in [-0.4, -0.2) is 61.6 Å². The van der Waals surface area contributed by atoms with E-state index in [2.05, 4.69) is 10.6 Å². The van der Waals surface area contributed by atoms with Crippen molar-refractivity contribution in [3.8, 4) is 0 Å². The molecule has 120 valence electrons. The summed E-state index contributed by atoms with van der Waals surface area (Å²) in [4.78, 5) is 26.6. The molecule has 2 atom stereocenters. The molecule has 0 bridgehead atoms. The van der Waals surface area contributed by atoms with Gasteiger partial charge in [0.1, 0.15) is 6.04 Å². The molecule has 2 N–H and O–H groups in total. The fourth-order valence-corrected chi connectivity index (χ4v) is 2.89. The summed E-state index contributed by atoms with van der Waals surface area (Å²) in [7, 11) is 0. The molecule has 2 amide bonds. The van der Waals surface area contributed by atoms with Crippen LogP contribution in [0.15, 0.2) is 0 Å². The molecule has 6 nitrogen and oxygen atoms in total. The molecule has 21 heavy (non-hydrogen) atoms. The van der Waals surface area contributed by atoms with Crippen LogP contribution in [0.5, 0.6) is 0 Å². The average Bonchev–Trinajstić information content (AvgIpc) is 2.81. The maximum absolute atomic E-state index is 12.7. The van der Waals surface area contributed by atoms with Crippen LogP contribution in [0.4, 0.5) is 0 Å². The highest BCUT2D eigenvalue weighted by atomic mass is 16.5. The number of carbonyl (C=O) groups excluding carboxylic acids is 2. The van der Waals surface area contributed by atoms with Gasteiger partial charge in [-0.15, -0.1) is 0 Å². The SMILES string of the molecule is CCCNC(=O)C1COCCN1C(=O)C1CCCCCN1. The predicted octanol–water partition coefficient (Wildman–Crippen LogP) is 0.272. The average molecular weight is 297 g/mol. The summed E-state index contributed by atoms with van der Waals surface area (Å²) in [6.45, 7) is 4.84. The van der Waals surface area contributed by atoms with E-state index >= 15 is 0 Å². The minimum absolute atomic E-state index is 0.0526. The lowest BCUT2D eigenvalue weighted by Crippen LogP contribution is -2.59. The van der Waals surface area contributed by atoms with E-state index in [1.807, 2.05) is 6.92 Å². The fourth-order valence-electron chi connectivity index (χ4n) is 2.89.